The van der Waals surface area contributed by atoms with Crippen LogP contribution in [0.4, 0.5) is 5.82 Å². The third-order valence-electron chi connectivity index (χ3n) is 4.94. The number of methoxy groups -OCH3 is 1. The molecule has 0 amide bonds. The van der Waals surface area contributed by atoms with E-state index < -0.39 is 0 Å². The van der Waals surface area contributed by atoms with E-state index in [1.165, 1.54) is 6.33 Å². The van der Waals surface area contributed by atoms with Gasteiger partial charge in [0.2, 0.25) is 0 Å². The van der Waals surface area contributed by atoms with Gasteiger partial charge in [-0.2, -0.15) is 9.61 Å². The maximum absolute atomic E-state index is 5.29. The maximum Gasteiger partial charge on any atom is 0.178 e. The molecule has 30 heavy (non-hydrogen) atoms. The van der Waals surface area contributed by atoms with Crippen LogP contribution in [0.15, 0.2) is 67.0 Å². The monoisotopic (exact) mass is 397 g/mol. The van der Waals surface area contributed by atoms with E-state index in [1.54, 1.807) is 11.6 Å². The Kier molecular flexibility index (Phi) is 4.44. The maximum atomic E-state index is 5.29. The lowest BCUT2D eigenvalue weighted by molar-refractivity contribution is 0.415. The van der Waals surface area contributed by atoms with Crippen molar-refractivity contribution in [3.63, 3.8) is 0 Å². The second kappa shape index (κ2) is 7.40. The van der Waals surface area contributed by atoms with Crippen LogP contribution in [0.2, 0.25) is 0 Å². The first-order valence-corrected chi connectivity index (χ1v) is 9.56. The van der Waals surface area contributed by atoms with Crippen molar-refractivity contribution < 1.29 is 4.74 Å². The summed E-state index contributed by atoms with van der Waals surface area (Å²) in [4.78, 5) is 8.76. The SMILES string of the molecule is COc1ccc2c(N[C@H](C)c3nnc4ccc(-c5ccccc5)nn34)ncnc2c1. The van der Waals surface area contributed by atoms with Crippen molar-refractivity contribution in [1.82, 2.24) is 29.8 Å². The standard InChI is InChI=1S/C22H19N7O/c1-14(25-21-17-9-8-16(30-2)12-19(17)23-13-24-21)22-27-26-20-11-10-18(28-29(20)22)15-6-4-3-5-7-15/h3-14H,1-2H3,(H,23,24,25)/t14-/m1/s1. The van der Waals surface area contributed by atoms with Crippen molar-refractivity contribution in [1.29, 1.82) is 0 Å². The first-order valence-electron chi connectivity index (χ1n) is 9.56. The van der Waals surface area contributed by atoms with Gasteiger partial charge >= 0.3 is 0 Å². The van der Waals surface area contributed by atoms with Gasteiger partial charge in [0.25, 0.3) is 0 Å². The second-order valence-electron chi connectivity index (χ2n) is 6.88. The molecule has 148 valence electrons. The summed E-state index contributed by atoms with van der Waals surface area (Å²) in [6, 6.07) is 19.4. The number of rotatable bonds is 5. The zero-order valence-corrected chi connectivity index (χ0v) is 16.5. The zero-order valence-electron chi connectivity index (χ0n) is 16.5. The van der Waals surface area contributed by atoms with Gasteiger partial charge in [-0.25, -0.2) is 9.97 Å². The average molecular weight is 397 g/mol. The first kappa shape index (κ1) is 18.0. The van der Waals surface area contributed by atoms with Crippen molar-refractivity contribution in [2.75, 3.05) is 12.4 Å². The lowest BCUT2D eigenvalue weighted by Crippen LogP contribution is -2.13. The van der Waals surface area contributed by atoms with Crippen LogP contribution in [-0.4, -0.2) is 36.9 Å². The summed E-state index contributed by atoms with van der Waals surface area (Å²) in [5, 5.41) is 17.7. The smallest absolute Gasteiger partial charge is 0.178 e. The molecule has 5 aromatic rings. The lowest BCUT2D eigenvalue weighted by atomic mass is 10.1. The summed E-state index contributed by atoms with van der Waals surface area (Å²) in [5.41, 5.74) is 3.39. The van der Waals surface area contributed by atoms with Crippen molar-refractivity contribution in [3.8, 4) is 17.0 Å². The molecule has 0 saturated heterocycles. The van der Waals surface area contributed by atoms with Crippen LogP contribution < -0.4 is 10.1 Å². The molecule has 8 heteroatoms. The lowest BCUT2D eigenvalue weighted by Gasteiger charge is -2.14. The van der Waals surface area contributed by atoms with Gasteiger partial charge in [-0.1, -0.05) is 30.3 Å². The van der Waals surface area contributed by atoms with E-state index >= 15 is 0 Å². The summed E-state index contributed by atoms with van der Waals surface area (Å²) < 4.78 is 7.06. The Labute approximate surface area is 172 Å². The zero-order chi connectivity index (χ0) is 20.5. The Bertz CT molecular complexity index is 1330. The fourth-order valence-corrected chi connectivity index (χ4v) is 3.39. The summed E-state index contributed by atoms with van der Waals surface area (Å²) >= 11 is 0. The molecule has 0 aliphatic carbocycles. The van der Waals surface area contributed by atoms with Crippen LogP contribution in [-0.2, 0) is 0 Å². The highest BCUT2D eigenvalue weighted by Gasteiger charge is 2.17. The molecule has 0 unspecified atom stereocenters. The number of nitrogens with zero attached hydrogens (tertiary/aromatic N) is 6. The van der Waals surface area contributed by atoms with Gasteiger partial charge in [0, 0.05) is 17.0 Å². The second-order valence-corrected chi connectivity index (χ2v) is 6.88. The van der Waals surface area contributed by atoms with Crippen LogP contribution in [0.3, 0.4) is 0 Å². The summed E-state index contributed by atoms with van der Waals surface area (Å²) in [6.45, 7) is 2.00. The van der Waals surface area contributed by atoms with Gasteiger partial charge in [0.15, 0.2) is 11.5 Å². The van der Waals surface area contributed by atoms with Crippen LogP contribution in [0.25, 0.3) is 27.8 Å². The van der Waals surface area contributed by atoms with E-state index in [2.05, 4.69) is 25.5 Å². The predicted octanol–water partition coefficient (Wildman–Crippen LogP) is 3.92. The third kappa shape index (κ3) is 3.18. The van der Waals surface area contributed by atoms with E-state index in [4.69, 9.17) is 9.84 Å². The third-order valence-corrected chi connectivity index (χ3v) is 4.94. The number of aromatic nitrogens is 6. The van der Waals surface area contributed by atoms with Crippen molar-refractivity contribution in [2.45, 2.75) is 13.0 Å². The summed E-state index contributed by atoms with van der Waals surface area (Å²) in [5.74, 6) is 2.16. The van der Waals surface area contributed by atoms with Gasteiger partial charge in [-0.05, 0) is 31.2 Å². The minimum atomic E-state index is -0.182. The first-order chi connectivity index (χ1) is 14.7. The molecule has 3 heterocycles. The van der Waals surface area contributed by atoms with E-state index in [9.17, 15) is 0 Å². The number of nitrogens with one attached hydrogen (secondary N) is 1. The van der Waals surface area contributed by atoms with Gasteiger partial charge in [-0.3, -0.25) is 0 Å². The molecule has 1 atom stereocenters. The van der Waals surface area contributed by atoms with Gasteiger partial charge in [0.1, 0.15) is 17.9 Å². The highest BCUT2D eigenvalue weighted by molar-refractivity contribution is 5.89. The van der Waals surface area contributed by atoms with Crippen molar-refractivity contribution in [3.05, 3.63) is 72.8 Å². The molecular formula is C22H19N7O. The molecular weight excluding hydrogens is 378 g/mol. The minimum absolute atomic E-state index is 0.182. The van der Waals surface area contributed by atoms with Crippen molar-refractivity contribution >= 4 is 22.4 Å². The average Bonchev–Trinajstić information content (AvgIpc) is 3.23. The molecule has 1 N–H and O–H groups in total. The molecule has 2 aromatic carbocycles. The molecule has 0 bridgehead atoms. The molecule has 0 aliphatic heterocycles. The van der Waals surface area contributed by atoms with E-state index in [1.807, 2.05) is 67.6 Å². The minimum Gasteiger partial charge on any atom is -0.497 e. The molecule has 0 aliphatic rings. The summed E-state index contributed by atoms with van der Waals surface area (Å²) in [6.07, 6.45) is 1.53. The Morgan fingerprint density at radius 1 is 0.967 bits per heavy atom. The van der Waals surface area contributed by atoms with E-state index in [0.29, 0.717) is 17.3 Å². The Morgan fingerprint density at radius 3 is 2.67 bits per heavy atom. The fourth-order valence-electron chi connectivity index (χ4n) is 3.39. The molecule has 5 rings (SSSR count). The molecule has 0 radical (unpaired) electrons. The van der Waals surface area contributed by atoms with Crippen LogP contribution in [0.5, 0.6) is 5.75 Å². The van der Waals surface area contributed by atoms with E-state index in [0.717, 1.165) is 27.9 Å². The number of hydrogen-bond donors (Lipinski definition) is 1. The van der Waals surface area contributed by atoms with Gasteiger partial charge in [-0.15, -0.1) is 10.2 Å². The topological polar surface area (TPSA) is 90.1 Å². The highest BCUT2D eigenvalue weighted by Crippen LogP contribution is 2.26. The summed E-state index contributed by atoms with van der Waals surface area (Å²) in [7, 11) is 1.64. The highest BCUT2D eigenvalue weighted by atomic mass is 16.5. The van der Waals surface area contributed by atoms with Gasteiger partial charge in [0.05, 0.1) is 24.4 Å². The normalized spacial score (nSPS) is 12.2. The Morgan fingerprint density at radius 2 is 1.83 bits per heavy atom. The van der Waals surface area contributed by atoms with Crippen LogP contribution >= 0.6 is 0 Å². The Hall–Kier alpha value is -4.07. The molecule has 8 nitrogen and oxygen atoms in total. The quantitative estimate of drug-likeness (QED) is 0.481. The Balaban J connectivity index is 1.51. The fraction of sp³-hybridized carbons (Fsp3) is 0.136. The van der Waals surface area contributed by atoms with Gasteiger partial charge < -0.3 is 10.1 Å². The largest absolute Gasteiger partial charge is 0.497 e. The number of fused-ring (bicyclic) bond motifs is 2. The van der Waals surface area contributed by atoms with Crippen LogP contribution in [0.1, 0.15) is 18.8 Å². The molecule has 3 aromatic heterocycles. The van der Waals surface area contributed by atoms with Crippen LogP contribution in [0, 0.1) is 0 Å². The number of anilines is 1. The number of ether oxygens (including phenoxy) is 1. The number of benzene rings is 2. The van der Waals surface area contributed by atoms with Crippen molar-refractivity contribution in [2.24, 2.45) is 0 Å². The molecule has 0 saturated carbocycles. The number of hydrogen-bond acceptors (Lipinski definition) is 7. The predicted molar refractivity (Wildman–Crippen MR) is 114 cm³/mol. The molecule has 0 fully saturated rings. The van der Waals surface area contributed by atoms with E-state index in [-0.39, 0.29) is 6.04 Å². The molecule has 0 spiro atoms.